The minimum atomic E-state index is -0.772. The molecule has 0 spiro atoms. The molecule has 29 heavy (non-hydrogen) atoms. The highest BCUT2D eigenvalue weighted by Crippen LogP contribution is 2.27. The van der Waals surface area contributed by atoms with Gasteiger partial charge in [-0.2, -0.15) is 5.10 Å². The van der Waals surface area contributed by atoms with Crippen molar-refractivity contribution in [3.8, 4) is 0 Å². The number of nitrogens with one attached hydrogen (secondary N) is 1. The van der Waals surface area contributed by atoms with E-state index in [4.69, 9.17) is 0 Å². The molecule has 2 aromatic heterocycles. The summed E-state index contributed by atoms with van der Waals surface area (Å²) in [4.78, 5) is 21.3. The smallest absolute Gasteiger partial charge is 0.274 e. The minimum absolute atomic E-state index is 0.0118. The van der Waals surface area contributed by atoms with Crippen LogP contribution in [0.2, 0.25) is 0 Å². The van der Waals surface area contributed by atoms with E-state index in [1.54, 1.807) is 12.4 Å². The molecular formula is C22H31N5O2. The third kappa shape index (κ3) is 4.51. The summed E-state index contributed by atoms with van der Waals surface area (Å²) in [5, 5.41) is 18.6. The van der Waals surface area contributed by atoms with Crippen LogP contribution in [-0.2, 0) is 19.4 Å². The number of aromatic amines is 1. The maximum Gasteiger partial charge on any atom is 0.274 e. The van der Waals surface area contributed by atoms with E-state index in [0.717, 1.165) is 50.0 Å². The number of rotatable bonds is 6. The highest BCUT2D eigenvalue weighted by molar-refractivity contribution is 5.94. The van der Waals surface area contributed by atoms with Crippen molar-refractivity contribution in [1.29, 1.82) is 0 Å². The summed E-state index contributed by atoms with van der Waals surface area (Å²) in [5.41, 5.74) is 3.24. The van der Waals surface area contributed by atoms with Crippen LogP contribution in [0, 0.1) is 0 Å². The van der Waals surface area contributed by atoms with E-state index in [1.807, 2.05) is 17.0 Å². The highest BCUT2D eigenvalue weighted by atomic mass is 16.3. The molecule has 1 saturated heterocycles. The molecule has 1 aliphatic heterocycles. The number of carbonyl (C=O) groups is 1. The number of nitrogens with zero attached hydrogens (tertiary/aromatic N) is 4. The summed E-state index contributed by atoms with van der Waals surface area (Å²) in [6.07, 6.45) is 8.73. The van der Waals surface area contributed by atoms with Crippen molar-refractivity contribution in [2.24, 2.45) is 0 Å². The highest BCUT2D eigenvalue weighted by Gasteiger charge is 2.34. The second-order valence-electron chi connectivity index (χ2n) is 8.41. The van der Waals surface area contributed by atoms with E-state index in [9.17, 15) is 9.90 Å². The lowest BCUT2D eigenvalue weighted by atomic mass is 9.94. The van der Waals surface area contributed by atoms with Gasteiger partial charge in [-0.15, -0.1) is 0 Å². The molecule has 0 radical (unpaired) electrons. The Kier molecular flexibility index (Phi) is 5.96. The van der Waals surface area contributed by atoms with Crippen LogP contribution in [0.15, 0.2) is 24.5 Å². The SMILES string of the molecule is CCN(Cc1ccncc1)CC1(O)CCCN(C(=O)c2n[nH]c3c2CCC3)CC1. The number of H-pyrrole nitrogens is 1. The molecule has 0 saturated carbocycles. The zero-order chi connectivity index (χ0) is 20.3. The van der Waals surface area contributed by atoms with Crippen molar-refractivity contribution >= 4 is 5.91 Å². The van der Waals surface area contributed by atoms with Crippen molar-refractivity contribution in [1.82, 2.24) is 25.0 Å². The molecule has 0 aromatic carbocycles. The van der Waals surface area contributed by atoms with Crippen molar-refractivity contribution < 1.29 is 9.90 Å². The predicted molar refractivity (Wildman–Crippen MR) is 111 cm³/mol. The van der Waals surface area contributed by atoms with Gasteiger partial charge < -0.3 is 10.0 Å². The van der Waals surface area contributed by atoms with Gasteiger partial charge in [-0.05, 0) is 62.8 Å². The van der Waals surface area contributed by atoms with Crippen LogP contribution < -0.4 is 0 Å². The fraction of sp³-hybridized carbons (Fsp3) is 0.591. The number of aryl methyl sites for hydroxylation is 1. The first-order chi connectivity index (χ1) is 14.1. The Morgan fingerprint density at radius 2 is 2.07 bits per heavy atom. The average Bonchev–Trinajstić information content (AvgIpc) is 3.29. The van der Waals surface area contributed by atoms with Crippen LogP contribution in [0.5, 0.6) is 0 Å². The van der Waals surface area contributed by atoms with Crippen LogP contribution in [0.3, 0.4) is 0 Å². The Hall–Kier alpha value is -2.25. The number of aromatic nitrogens is 3. The van der Waals surface area contributed by atoms with Gasteiger partial charge >= 0.3 is 0 Å². The van der Waals surface area contributed by atoms with E-state index in [-0.39, 0.29) is 5.91 Å². The summed E-state index contributed by atoms with van der Waals surface area (Å²) in [6, 6.07) is 4.03. The fourth-order valence-corrected chi connectivity index (χ4v) is 4.63. The van der Waals surface area contributed by atoms with Crippen LogP contribution in [0.1, 0.15) is 59.9 Å². The van der Waals surface area contributed by atoms with Gasteiger partial charge in [0.25, 0.3) is 5.91 Å². The van der Waals surface area contributed by atoms with Crippen molar-refractivity contribution in [3.05, 3.63) is 47.0 Å². The second-order valence-corrected chi connectivity index (χ2v) is 8.41. The van der Waals surface area contributed by atoms with Gasteiger partial charge in [-0.1, -0.05) is 6.92 Å². The normalized spacial score (nSPS) is 22.0. The maximum atomic E-state index is 13.0. The summed E-state index contributed by atoms with van der Waals surface area (Å²) in [6.45, 7) is 5.65. The Balaban J connectivity index is 1.38. The molecule has 1 amide bonds. The second kappa shape index (κ2) is 8.63. The number of pyridine rings is 1. The number of amides is 1. The lowest BCUT2D eigenvalue weighted by molar-refractivity contribution is -0.00928. The number of carbonyl (C=O) groups excluding carboxylic acids is 1. The average molecular weight is 398 g/mol. The molecule has 156 valence electrons. The number of aliphatic hydroxyl groups is 1. The van der Waals surface area contributed by atoms with Gasteiger partial charge in [-0.3, -0.25) is 19.8 Å². The van der Waals surface area contributed by atoms with E-state index < -0.39 is 5.60 Å². The zero-order valence-electron chi connectivity index (χ0n) is 17.2. The molecule has 1 aliphatic carbocycles. The Labute approximate surface area is 172 Å². The van der Waals surface area contributed by atoms with Gasteiger partial charge in [0.15, 0.2) is 5.69 Å². The van der Waals surface area contributed by atoms with Gasteiger partial charge in [0, 0.05) is 49.8 Å². The molecule has 2 aliphatic rings. The van der Waals surface area contributed by atoms with Crippen LogP contribution in [-0.4, -0.2) is 67.8 Å². The minimum Gasteiger partial charge on any atom is -0.388 e. The standard InChI is InChI=1S/C22H31N5O2/c1-2-26(15-17-7-11-23-12-8-17)16-22(29)9-4-13-27(14-10-22)21(28)20-18-5-3-6-19(18)24-25-20/h7-8,11-12,29H,2-6,9-10,13-16H2,1H3,(H,24,25). The van der Waals surface area contributed by atoms with Gasteiger partial charge in [0.1, 0.15) is 0 Å². The van der Waals surface area contributed by atoms with Crippen LogP contribution >= 0.6 is 0 Å². The van der Waals surface area contributed by atoms with Gasteiger partial charge in [0.05, 0.1) is 5.60 Å². The summed E-state index contributed by atoms with van der Waals surface area (Å²) in [5.74, 6) is 0.0118. The topological polar surface area (TPSA) is 85.3 Å². The fourth-order valence-electron chi connectivity index (χ4n) is 4.63. The molecule has 1 unspecified atom stereocenters. The third-order valence-corrected chi connectivity index (χ3v) is 6.33. The van der Waals surface area contributed by atoms with Gasteiger partial charge in [-0.25, -0.2) is 0 Å². The number of likely N-dealkylation sites (N-methyl/N-ethyl adjacent to an activating group) is 1. The third-order valence-electron chi connectivity index (χ3n) is 6.33. The molecule has 2 N–H and O–H groups in total. The summed E-state index contributed by atoms with van der Waals surface area (Å²) < 4.78 is 0. The monoisotopic (exact) mass is 397 g/mol. The predicted octanol–water partition coefficient (Wildman–Crippen LogP) is 2.17. The number of fused-ring (bicyclic) bond motifs is 1. The lowest BCUT2D eigenvalue weighted by Gasteiger charge is -2.33. The van der Waals surface area contributed by atoms with Crippen molar-refractivity contribution in [3.63, 3.8) is 0 Å². The van der Waals surface area contributed by atoms with E-state index in [0.29, 0.717) is 38.2 Å². The molecule has 7 heteroatoms. The van der Waals surface area contributed by atoms with Crippen LogP contribution in [0.25, 0.3) is 0 Å². The van der Waals surface area contributed by atoms with Crippen LogP contribution in [0.4, 0.5) is 0 Å². The maximum absolute atomic E-state index is 13.0. The first kappa shape index (κ1) is 20.0. The first-order valence-corrected chi connectivity index (χ1v) is 10.8. The van der Waals surface area contributed by atoms with E-state index >= 15 is 0 Å². The Bertz CT molecular complexity index is 837. The van der Waals surface area contributed by atoms with Crippen molar-refractivity contribution in [2.75, 3.05) is 26.2 Å². The largest absolute Gasteiger partial charge is 0.388 e. The molecule has 1 fully saturated rings. The molecule has 1 atom stereocenters. The Morgan fingerprint density at radius 3 is 2.86 bits per heavy atom. The van der Waals surface area contributed by atoms with E-state index in [2.05, 4.69) is 27.0 Å². The molecule has 2 aromatic rings. The summed E-state index contributed by atoms with van der Waals surface area (Å²) >= 11 is 0. The molecule has 4 rings (SSSR count). The van der Waals surface area contributed by atoms with E-state index in [1.165, 1.54) is 5.56 Å². The number of likely N-dealkylation sites (tertiary alicyclic amines) is 1. The molecular weight excluding hydrogens is 366 g/mol. The molecule has 7 nitrogen and oxygen atoms in total. The van der Waals surface area contributed by atoms with Crippen molar-refractivity contribution in [2.45, 2.75) is 57.6 Å². The van der Waals surface area contributed by atoms with Gasteiger partial charge in [0.2, 0.25) is 0 Å². The summed E-state index contributed by atoms with van der Waals surface area (Å²) in [7, 11) is 0. The molecule has 3 heterocycles. The quantitative estimate of drug-likeness (QED) is 0.780. The first-order valence-electron chi connectivity index (χ1n) is 10.8. The zero-order valence-corrected chi connectivity index (χ0v) is 17.2. The Morgan fingerprint density at radius 1 is 1.24 bits per heavy atom. The lowest BCUT2D eigenvalue weighted by Crippen LogP contribution is -2.44. The number of hydrogen-bond acceptors (Lipinski definition) is 5. The number of hydrogen-bond donors (Lipinski definition) is 2. The molecule has 0 bridgehead atoms.